The van der Waals surface area contributed by atoms with Gasteiger partial charge in [-0.2, -0.15) is 0 Å². The molecule has 2 rings (SSSR count). The first kappa shape index (κ1) is 18.4. The molecule has 130 valence electrons. The van der Waals surface area contributed by atoms with E-state index in [1.54, 1.807) is 12.1 Å². The Bertz CT molecular complexity index is 872. The Balaban J connectivity index is 2.47. The number of nitrogens with one attached hydrogen (secondary N) is 1. The molecular formula is C20H20FNO3. The summed E-state index contributed by atoms with van der Waals surface area (Å²) in [4.78, 5) is 23.1. The number of carboxylic acids is 1. The summed E-state index contributed by atoms with van der Waals surface area (Å²) >= 11 is 0. The molecule has 1 amide bonds. The molecule has 0 radical (unpaired) electrons. The average Bonchev–Trinajstić information content (AvgIpc) is 2.58. The maximum Gasteiger partial charge on any atom is 0.336 e. The van der Waals surface area contributed by atoms with Crippen molar-refractivity contribution in [2.45, 2.75) is 20.3 Å². The highest BCUT2D eigenvalue weighted by atomic mass is 19.1. The van der Waals surface area contributed by atoms with E-state index < -0.39 is 17.7 Å². The Kier molecular flexibility index (Phi) is 5.37. The average molecular weight is 341 g/mol. The van der Waals surface area contributed by atoms with Crippen LogP contribution in [0.5, 0.6) is 0 Å². The largest absolute Gasteiger partial charge is 0.478 e. The number of amides is 1. The van der Waals surface area contributed by atoms with Crippen LogP contribution in [0.1, 0.15) is 48.5 Å². The van der Waals surface area contributed by atoms with E-state index in [-0.39, 0.29) is 11.1 Å². The Hall–Kier alpha value is -2.95. The number of carbonyl (C=O) groups excluding carboxylic acids is 1. The van der Waals surface area contributed by atoms with Crippen molar-refractivity contribution in [1.82, 2.24) is 5.32 Å². The van der Waals surface area contributed by atoms with Crippen molar-refractivity contribution in [3.8, 4) is 0 Å². The van der Waals surface area contributed by atoms with Gasteiger partial charge in [-0.3, -0.25) is 4.79 Å². The second kappa shape index (κ2) is 7.30. The van der Waals surface area contributed by atoms with E-state index >= 15 is 0 Å². The van der Waals surface area contributed by atoms with Gasteiger partial charge in [-0.15, -0.1) is 0 Å². The van der Waals surface area contributed by atoms with Crippen LogP contribution in [0.3, 0.4) is 0 Å². The maximum absolute atomic E-state index is 14.1. The first-order chi connectivity index (χ1) is 11.8. The van der Waals surface area contributed by atoms with Crippen molar-refractivity contribution in [3.63, 3.8) is 0 Å². The number of aromatic carboxylic acids is 1. The van der Waals surface area contributed by atoms with Gasteiger partial charge in [0.25, 0.3) is 5.91 Å². The number of hydrogen-bond acceptors (Lipinski definition) is 2. The van der Waals surface area contributed by atoms with Gasteiger partial charge in [0.1, 0.15) is 5.82 Å². The van der Waals surface area contributed by atoms with Crippen LogP contribution in [0.15, 0.2) is 30.8 Å². The summed E-state index contributed by atoms with van der Waals surface area (Å²) in [6, 6.07) is 6.01. The minimum absolute atomic E-state index is 0.0209. The van der Waals surface area contributed by atoms with Crippen LogP contribution in [0.2, 0.25) is 0 Å². The summed E-state index contributed by atoms with van der Waals surface area (Å²) in [6.07, 6.45) is 1.91. The lowest BCUT2D eigenvalue weighted by atomic mass is 9.90. The molecule has 0 aromatic heterocycles. The molecule has 5 heteroatoms. The Labute approximate surface area is 146 Å². The SMILES string of the molecule is C=Cc1c(C(=O)O)cc(Cc2ccc(C(=O)NC)c(F)c2)c(C)c1C. The minimum Gasteiger partial charge on any atom is -0.478 e. The van der Waals surface area contributed by atoms with E-state index in [4.69, 9.17) is 0 Å². The van der Waals surface area contributed by atoms with Gasteiger partial charge in [-0.05, 0) is 66.3 Å². The molecule has 2 aromatic rings. The fraction of sp³-hybridized carbons (Fsp3) is 0.200. The molecule has 4 nitrogen and oxygen atoms in total. The van der Waals surface area contributed by atoms with Gasteiger partial charge >= 0.3 is 5.97 Å². The van der Waals surface area contributed by atoms with E-state index in [0.29, 0.717) is 17.5 Å². The molecule has 2 aromatic carbocycles. The number of benzene rings is 2. The third kappa shape index (κ3) is 3.60. The standard InChI is InChI=1S/C20H20FNO3/c1-5-15-12(3)11(2)14(10-17(15)20(24)25)8-13-6-7-16(18(21)9-13)19(23)22-4/h5-7,9-10H,1,8H2,2-4H3,(H,22,23)(H,24,25). The smallest absolute Gasteiger partial charge is 0.336 e. The second-order valence-corrected chi connectivity index (χ2v) is 5.83. The first-order valence-electron chi connectivity index (χ1n) is 7.79. The van der Waals surface area contributed by atoms with Crippen LogP contribution in [0, 0.1) is 19.7 Å². The van der Waals surface area contributed by atoms with Gasteiger partial charge in [-0.25, -0.2) is 9.18 Å². The molecule has 0 fully saturated rings. The van der Waals surface area contributed by atoms with E-state index in [1.165, 1.54) is 25.3 Å². The molecule has 0 saturated heterocycles. The number of rotatable bonds is 5. The van der Waals surface area contributed by atoms with Crippen LogP contribution in [-0.2, 0) is 6.42 Å². The molecule has 25 heavy (non-hydrogen) atoms. The molecule has 0 heterocycles. The molecule has 0 unspecified atom stereocenters. The van der Waals surface area contributed by atoms with Gasteiger partial charge in [0, 0.05) is 7.05 Å². The molecule has 0 atom stereocenters. The zero-order chi connectivity index (χ0) is 18.7. The van der Waals surface area contributed by atoms with Gasteiger partial charge in [0.05, 0.1) is 11.1 Å². The summed E-state index contributed by atoms with van der Waals surface area (Å²) in [5.41, 5.74) is 3.99. The van der Waals surface area contributed by atoms with Crippen LogP contribution in [0.25, 0.3) is 6.08 Å². The zero-order valence-electron chi connectivity index (χ0n) is 14.4. The molecule has 0 aliphatic rings. The van der Waals surface area contributed by atoms with Crippen molar-refractivity contribution >= 4 is 18.0 Å². The van der Waals surface area contributed by atoms with Gasteiger partial charge in [0.15, 0.2) is 0 Å². The molecule has 0 bridgehead atoms. The molecule has 0 aliphatic carbocycles. The number of carboxylic acid groups (broad SMARTS) is 1. The summed E-state index contributed by atoms with van der Waals surface area (Å²) < 4.78 is 14.1. The third-order valence-electron chi connectivity index (χ3n) is 4.39. The molecule has 0 saturated carbocycles. The quantitative estimate of drug-likeness (QED) is 0.871. The lowest BCUT2D eigenvalue weighted by Crippen LogP contribution is -2.19. The van der Waals surface area contributed by atoms with Crippen molar-refractivity contribution in [3.05, 3.63) is 75.6 Å². The normalized spacial score (nSPS) is 10.4. The summed E-state index contributed by atoms with van der Waals surface area (Å²) in [5.74, 6) is -2.12. The predicted octanol–water partition coefficient (Wildman–Crippen LogP) is 3.73. The maximum atomic E-state index is 14.1. The number of carbonyl (C=O) groups is 2. The van der Waals surface area contributed by atoms with E-state index in [0.717, 1.165) is 16.7 Å². The fourth-order valence-corrected chi connectivity index (χ4v) is 2.84. The van der Waals surface area contributed by atoms with Crippen molar-refractivity contribution < 1.29 is 19.1 Å². The topological polar surface area (TPSA) is 66.4 Å². The van der Waals surface area contributed by atoms with Gasteiger partial charge < -0.3 is 10.4 Å². The highest BCUT2D eigenvalue weighted by molar-refractivity contribution is 5.94. The van der Waals surface area contributed by atoms with Gasteiger partial charge in [0.2, 0.25) is 0 Å². The van der Waals surface area contributed by atoms with Crippen molar-refractivity contribution in [1.29, 1.82) is 0 Å². The zero-order valence-corrected chi connectivity index (χ0v) is 14.4. The van der Waals surface area contributed by atoms with Crippen molar-refractivity contribution in [2.75, 3.05) is 7.05 Å². The number of hydrogen-bond donors (Lipinski definition) is 2. The Morgan fingerprint density at radius 2 is 1.88 bits per heavy atom. The van der Waals surface area contributed by atoms with Gasteiger partial charge in [-0.1, -0.05) is 18.7 Å². The minimum atomic E-state index is -1.03. The van der Waals surface area contributed by atoms with E-state index in [2.05, 4.69) is 11.9 Å². The Morgan fingerprint density at radius 1 is 1.20 bits per heavy atom. The van der Waals surface area contributed by atoms with Crippen LogP contribution in [0.4, 0.5) is 4.39 Å². The van der Waals surface area contributed by atoms with Crippen molar-refractivity contribution in [2.24, 2.45) is 0 Å². The highest BCUT2D eigenvalue weighted by Crippen LogP contribution is 2.26. The van der Waals surface area contributed by atoms with Crippen LogP contribution < -0.4 is 5.32 Å². The predicted molar refractivity (Wildman–Crippen MR) is 95.6 cm³/mol. The molecule has 0 spiro atoms. The molecule has 2 N–H and O–H groups in total. The summed E-state index contributed by atoms with van der Waals surface area (Å²) in [7, 11) is 1.44. The fourth-order valence-electron chi connectivity index (χ4n) is 2.84. The molecule has 0 aliphatic heterocycles. The monoisotopic (exact) mass is 341 g/mol. The third-order valence-corrected chi connectivity index (χ3v) is 4.39. The number of halogens is 1. The van der Waals surface area contributed by atoms with Crippen LogP contribution >= 0.6 is 0 Å². The summed E-state index contributed by atoms with van der Waals surface area (Å²) in [6.45, 7) is 7.43. The second-order valence-electron chi connectivity index (χ2n) is 5.83. The van der Waals surface area contributed by atoms with E-state index in [9.17, 15) is 19.1 Å². The van der Waals surface area contributed by atoms with Crippen LogP contribution in [-0.4, -0.2) is 24.0 Å². The summed E-state index contributed by atoms with van der Waals surface area (Å²) in [5, 5.41) is 11.8. The lowest BCUT2D eigenvalue weighted by molar-refractivity contribution is 0.0696. The molecular weight excluding hydrogens is 321 g/mol. The first-order valence-corrected chi connectivity index (χ1v) is 7.79. The highest BCUT2D eigenvalue weighted by Gasteiger charge is 2.16. The Morgan fingerprint density at radius 3 is 2.40 bits per heavy atom. The lowest BCUT2D eigenvalue weighted by Gasteiger charge is -2.15. The van der Waals surface area contributed by atoms with E-state index in [1.807, 2.05) is 13.8 Å².